The molecule has 1 heterocycles. The molecule has 1 saturated heterocycles. The van der Waals surface area contributed by atoms with Gasteiger partial charge in [-0.15, -0.1) is 0 Å². The molecular weight excluding hydrogens is 168 g/mol. The highest BCUT2D eigenvalue weighted by atomic mass is 16.6. The van der Waals surface area contributed by atoms with E-state index in [1.807, 2.05) is 18.2 Å². The summed E-state index contributed by atoms with van der Waals surface area (Å²) in [4.78, 5) is 10.8. The number of hydrogen-bond donors (Lipinski definition) is 1. The van der Waals surface area contributed by atoms with E-state index in [4.69, 9.17) is 4.74 Å². The van der Waals surface area contributed by atoms with Crippen molar-refractivity contribution in [2.24, 2.45) is 0 Å². The lowest BCUT2D eigenvalue weighted by atomic mass is 9.93. The third kappa shape index (κ3) is 1.42. The third-order valence-electron chi connectivity index (χ3n) is 2.22. The Hall–Kier alpha value is -1.35. The van der Waals surface area contributed by atoms with Gasteiger partial charge in [0.25, 0.3) is 0 Å². The van der Waals surface area contributed by atoms with E-state index in [1.165, 1.54) is 0 Å². The number of aliphatic hydroxyl groups is 1. The van der Waals surface area contributed by atoms with Crippen LogP contribution in [0.4, 0.5) is 0 Å². The number of rotatable bonds is 1. The number of hydrogen-bond acceptors (Lipinski definition) is 3. The highest BCUT2D eigenvalue weighted by Crippen LogP contribution is 2.30. The molecule has 3 nitrogen and oxygen atoms in total. The van der Waals surface area contributed by atoms with Crippen molar-refractivity contribution < 1.29 is 14.6 Å². The van der Waals surface area contributed by atoms with E-state index in [9.17, 15) is 9.90 Å². The summed E-state index contributed by atoms with van der Waals surface area (Å²) in [6, 6.07) is 9.11. The Morgan fingerprint density at radius 1 is 1.31 bits per heavy atom. The van der Waals surface area contributed by atoms with Crippen LogP contribution in [-0.2, 0) is 15.1 Å². The molecule has 3 heteroatoms. The van der Waals surface area contributed by atoms with Crippen molar-refractivity contribution in [2.75, 3.05) is 6.61 Å². The monoisotopic (exact) mass is 178 g/mol. The molecule has 1 fully saturated rings. The smallest absolute Gasteiger partial charge is 0.309 e. The Kier molecular flexibility index (Phi) is 1.81. The van der Waals surface area contributed by atoms with Gasteiger partial charge in [0.05, 0.1) is 6.42 Å². The van der Waals surface area contributed by atoms with Gasteiger partial charge in [0.1, 0.15) is 12.2 Å². The number of benzene rings is 1. The van der Waals surface area contributed by atoms with Gasteiger partial charge in [-0.2, -0.15) is 0 Å². The maximum atomic E-state index is 10.8. The first-order valence-electron chi connectivity index (χ1n) is 4.14. The Labute approximate surface area is 76.0 Å². The van der Waals surface area contributed by atoms with Crippen LogP contribution in [0, 0.1) is 0 Å². The van der Waals surface area contributed by atoms with Crippen molar-refractivity contribution in [3.05, 3.63) is 35.9 Å². The zero-order valence-corrected chi connectivity index (χ0v) is 7.06. The Bertz CT molecular complexity index is 320. The maximum Gasteiger partial charge on any atom is 0.309 e. The number of ether oxygens (including phenoxy) is 1. The third-order valence-corrected chi connectivity index (χ3v) is 2.22. The first-order chi connectivity index (χ1) is 6.21. The van der Waals surface area contributed by atoms with Gasteiger partial charge in [0.15, 0.2) is 0 Å². The normalized spacial score (nSPS) is 27.3. The van der Waals surface area contributed by atoms with Crippen molar-refractivity contribution in [3.8, 4) is 0 Å². The number of cyclic esters (lactones) is 1. The van der Waals surface area contributed by atoms with Crippen LogP contribution in [0.5, 0.6) is 0 Å². The van der Waals surface area contributed by atoms with Crippen molar-refractivity contribution in [1.29, 1.82) is 0 Å². The maximum absolute atomic E-state index is 10.8. The van der Waals surface area contributed by atoms with Crippen molar-refractivity contribution in [1.82, 2.24) is 0 Å². The lowest BCUT2D eigenvalue weighted by molar-refractivity contribution is -0.137. The summed E-state index contributed by atoms with van der Waals surface area (Å²) in [6.07, 6.45) is 0.0526. The summed E-state index contributed by atoms with van der Waals surface area (Å²) >= 11 is 0. The quantitative estimate of drug-likeness (QED) is 0.647. The van der Waals surface area contributed by atoms with E-state index >= 15 is 0 Å². The van der Waals surface area contributed by atoms with E-state index in [1.54, 1.807) is 12.1 Å². The van der Waals surface area contributed by atoms with Crippen molar-refractivity contribution >= 4 is 5.97 Å². The molecule has 13 heavy (non-hydrogen) atoms. The van der Waals surface area contributed by atoms with Crippen LogP contribution in [-0.4, -0.2) is 17.7 Å². The Balaban J connectivity index is 2.31. The van der Waals surface area contributed by atoms with Gasteiger partial charge in [-0.05, 0) is 5.56 Å². The second-order valence-electron chi connectivity index (χ2n) is 3.24. The van der Waals surface area contributed by atoms with E-state index in [0.717, 1.165) is 5.56 Å². The summed E-state index contributed by atoms with van der Waals surface area (Å²) in [5, 5.41) is 9.99. The second-order valence-corrected chi connectivity index (χ2v) is 3.24. The van der Waals surface area contributed by atoms with Gasteiger partial charge in [-0.3, -0.25) is 4.79 Å². The second kappa shape index (κ2) is 2.85. The molecule has 0 saturated carbocycles. The molecule has 0 bridgehead atoms. The molecule has 1 aliphatic heterocycles. The zero-order chi connectivity index (χ0) is 9.31. The topological polar surface area (TPSA) is 46.5 Å². The predicted molar refractivity (Wildman–Crippen MR) is 45.9 cm³/mol. The first kappa shape index (κ1) is 8.26. The summed E-state index contributed by atoms with van der Waals surface area (Å²) in [6.45, 7) is 0.0653. The summed E-state index contributed by atoms with van der Waals surface area (Å²) in [5.74, 6) is -0.341. The van der Waals surface area contributed by atoms with Crippen molar-refractivity contribution in [3.63, 3.8) is 0 Å². The van der Waals surface area contributed by atoms with Gasteiger partial charge in [0, 0.05) is 0 Å². The Morgan fingerprint density at radius 2 is 2.00 bits per heavy atom. The molecule has 0 radical (unpaired) electrons. The van der Waals surface area contributed by atoms with Crippen LogP contribution < -0.4 is 0 Å². The fourth-order valence-corrected chi connectivity index (χ4v) is 1.47. The molecule has 1 atom stereocenters. The molecule has 0 aliphatic carbocycles. The first-order valence-corrected chi connectivity index (χ1v) is 4.14. The summed E-state index contributed by atoms with van der Waals surface area (Å²) < 4.78 is 4.73. The molecule has 0 aromatic heterocycles. The van der Waals surface area contributed by atoms with E-state index in [-0.39, 0.29) is 19.0 Å². The van der Waals surface area contributed by atoms with E-state index in [2.05, 4.69) is 0 Å². The number of carbonyl (C=O) groups excluding carboxylic acids is 1. The molecule has 0 amide bonds. The number of esters is 1. The van der Waals surface area contributed by atoms with Crippen LogP contribution in [0.1, 0.15) is 12.0 Å². The molecule has 1 aromatic rings. The SMILES string of the molecule is O=C1C[C@@](O)(c2ccccc2)CO1. The minimum absolute atomic E-state index is 0.0526. The molecule has 0 spiro atoms. The lowest BCUT2D eigenvalue weighted by Gasteiger charge is -2.18. The fraction of sp³-hybridized carbons (Fsp3) is 0.300. The summed E-state index contributed by atoms with van der Waals surface area (Å²) in [5.41, 5.74) is -0.376. The van der Waals surface area contributed by atoms with Gasteiger partial charge in [0.2, 0.25) is 0 Å². The largest absolute Gasteiger partial charge is 0.462 e. The van der Waals surface area contributed by atoms with Crippen LogP contribution in [0.15, 0.2) is 30.3 Å². The standard InChI is InChI=1S/C10H10O3/c11-9-6-10(12,7-13-9)8-4-2-1-3-5-8/h1-5,12H,6-7H2/t10-/m0/s1. The highest BCUT2D eigenvalue weighted by Gasteiger charge is 2.39. The van der Waals surface area contributed by atoms with Crippen LogP contribution in [0.2, 0.25) is 0 Å². The predicted octanol–water partition coefficient (Wildman–Crippen LogP) is 0.821. The minimum Gasteiger partial charge on any atom is -0.462 e. The fourth-order valence-electron chi connectivity index (χ4n) is 1.47. The molecule has 1 aliphatic rings. The lowest BCUT2D eigenvalue weighted by Crippen LogP contribution is -2.25. The van der Waals surface area contributed by atoms with Gasteiger partial charge in [-0.25, -0.2) is 0 Å². The molecule has 1 N–H and O–H groups in total. The van der Waals surface area contributed by atoms with Crippen LogP contribution >= 0.6 is 0 Å². The zero-order valence-electron chi connectivity index (χ0n) is 7.06. The van der Waals surface area contributed by atoms with Crippen LogP contribution in [0.3, 0.4) is 0 Å². The van der Waals surface area contributed by atoms with Gasteiger partial charge < -0.3 is 9.84 Å². The molecule has 1 aromatic carbocycles. The summed E-state index contributed by atoms with van der Waals surface area (Å²) in [7, 11) is 0. The molecule has 2 rings (SSSR count). The van der Waals surface area contributed by atoms with Gasteiger partial charge >= 0.3 is 5.97 Å². The van der Waals surface area contributed by atoms with Crippen LogP contribution in [0.25, 0.3) is 0 Å². The number of carbonyl (C=O) groups is 1. The van der Waals surface area contributed by atoms with E-state index in [0.29, 0.717) is 0 Å². The van der Waals surface area contributed by atoms with Gasteiger partial charge in [-0.1, -0.05) is 30.3 Å². The minimum atomic E-state index is -1.11. The van der Waals surface area contributed by atoms with Crippen molar-refractivity contribution in [2.45, 2.75) is 12.0 Å². The van der Waals surface area contributed by atoms with E-state index < -0.39 is 5.60 Å². The highest BCUT2D eigenvalue weighted by molar-refractivity contribution is 5.73. The molecule has 68 valence electrons. The average molecular weight is 178 g/mol. The average Bonchev–Trinajstić information content (AvgIpc) is 2.49. The Morgan fingerprint density at radius 3 is 2.54 bits per heavy atom. The molecular formula is C10H10O3. The molecule has 0 unspecified atom stereocenters.